The third-order valence-electron chi connectivity index (χ3n) is 4.57. The predicted octanol–water partition coefficient (Wildman–Crippen LogP) is 2.96. The highest BCUT2D eigenvalue weighted by Crippen LogP contribution is 2.61. The molecule has 0 aromatic carbocycles. The zero-order chi connectivity index (χ0) is 10.3. The van der Waals surface area contributed by atoms with Crippen molar-refractivity contribution < 1.29 is 0 Å². The van der Waals surface area contributed by atoms with Crippen LogP contribution in [0, 0.1) is 23.2 Å². The molecule has 0 amide bonds. The fourth-order valence-electron chi connectivity index (χ4n) is 3.42. The van der Waals surface area contributed by atoms with Crippen LogP contribution >= 0.6 is 0 Å². The lowest BCUT2D eigenvalue weighted by Crippen LogP contribution is -2.51. The van der Waals surface area contributed by atoms with Gasteiger partial charge >= 0.3 is 0 Å². The molecule has 0 aliphatic heterocycles. The molecule has 3 saturated carbocycles. The molecule has 0 spiro atoms. The monoisotopic (exact) mass is 193 g/mol. The Hall–Kier alpha value is -0.300. The van der Waals surface area contributed by atoms with E-state index in [0.29, 0.717) is 5.41 Å². The van der Waals surface area contributed by atoms with Crippen LogP contribution in [-0.2, 0) is 0 Å². The van der Waals surface area contributed by atoms with Crippen LogP contribution in [0.5, 0.6) is 0 Å². The van der Waals surface area contributed by atoms with Crippen molar-refractivity contribution in [3.63, 3.8) is 0 Å². The van der Waals surface area contributed by atoms with E-state index in [1.807, 2.05) is 6.92 Å². The molecular weight excluding hydrogens is 170 g/mol. The second kappa shape index (κ2) is 3.37. The van der Waals surface area contributed by atoms with Crippen molar-refractivity contribution >= 4 is 0 Å². The molecule has 3 rings (SSSR count). The fraction of sp³-hybridized carbons (Fsp3) is 0.846. The molecule has 0 radical (unpaired) electrons. The molecule has 0 aromatic heterocycles. The number of nitrogens with two attached hydrogens (primary N) is 1. The normalized spacial score (nSPS) is 42.1. The second-order valence-corrected chi connectivity index (χ2v) is 5.85. The van der Waals surface area contributed by atoms with Crippen LogP contribution in [0.1, 0.15) is 40.0 Å². The van der Waals surface area contributed by atoms with Crippen LogP contribution in [0.25, 0.3) is 0 Å². The molecular formula is C13H23N. The second-order valence-electron chi connectivity index (χ2n) is 5.85. The minimum atomic E-state index is 0.218. The highest BCUT2D eigenvalue weighted by atomic mass is 14.6. The minimum absolute atomic E-state index is 0.218. The fourth-order valence-corrected chi connectivity index (χ4v) is 3.42. The topological polar surface area (TPSA) is 26.0 Å². The van der Waals surface area contributed by atoms with Crippen LogP contribution in [0.4, 0.5) is 0 Å². The van der Waals surface area contributed by atoms with E-state index in [1.54, 1.807) is 0 Å². The molecule has 3 aliphatic rings. The van der Waals surface area contributed by atoms with Crippen molar-refractivity contribution in [2.75, 3.05) is 0 Å². The highest BCUT2D eigenvalue weighted by molar-refractivity contribution is 5.09. The van der Waals surface area contributed by atoms with Crippen molar-refractivity contribution in [3.8, 4) is 0 Å². The molecule has 4 unspecified atom stereocenters. The first-order valence-corrected chi connectivity index (χ1v) is 5.95. The van der Waals surface area contributed by atoms with Gasteiger partial charge in [0.15, 0.2) is 0 Å². The Balaban J connectivity index is 2.01. The quantitative estimate of drug-likeness (QED) is 0.670. The van der Waals surface area contributed by atoms with E-state index in [9.17, 15) is 0 Å². The van der Waals surface area contributed by atoms with Crippen LogP contribution in [0.2, 0.25) is 0 Å². The smallest absolute Gasteiger partial charge is 0.0194 e. The van der Waals surface area contributed by atoms with E-state index in [-0.39, 0.29) is 6.04 Å². The summed E-state index contributed by atoms with van der Waals surface area (Å²) < 4.78 is 0. The Bertz CT molecular complexity index is 238. The van der Waals surface area contributed by atoms with Gasteiger partial charge in [-0.1, -0.05) is 26.0 Å². The van der Waals surface area contributed by atoms with Crippen LogP contribution < -0.4 is 5.73 Å². The van der Waals surface area contributed by atoms with E-state index in [4.69, 9.17) is 5.73 Å². The van der Waals surface area contributed by atoms with Gasteiger partial charge in [0.1, 0.15) is 0 Å². The summed E-state index contributed by atoms with van der Waals surface area (Å²) in [6.45, 7) is 6.93. The Morgan fingerprint density at radius 1 is 1.36 bits per heavy atom. The summed E-state index contributed by atoms with van der Waals surface area (Å²) >= 11 is 0. The van der Waals surface area contributed by atoms with Gasteiger partial charge in [-0.2, -0.15) is 0 Å². The zero-order valence-corrected chi connectivity index (χ0v) is 9.66. The summed E-state index contributed by atoms with van der Waals surface area (Å²) in [4.78, 5) is 0. The Morgan fingerprint density at radius 2 is 2.07 bits per heavy atom. The highest BCUT2D eigenvalue weighted by Gasteiger charge is 2.53. The zero-order valence-electron chi connectivity index (χ0n) is 9.66. The Kier molecular flexibility index (Phi) is 2.46. The Labute approximate surface area is 87.8 Å². The van der Waals surface area contributed by atoms with Gasteiger partial charge in [-0.15, -0.1) is 0 Å². The summed E-state index contributed by atoms with van der Waals surface area (Å²) in [5.74, 6) is 2.74. The van der Waals surface area contributed by atoms with E-state index < -0.39 is 0 Å². The maximum Gasteiger partial charge on any atom is 0.0194 e. The lowest BCUT2D eigenvalue weighted by molar-refractivity contribution is -0.0904. The van der Waals surface area contributed by atoms with Gasteiger partial charge < -0.3 is 5.73 Å². The SMILES string of the molecule is CC(N)/C=C/C1CCC2CC1C2(C)C. The number of rotatable bonds is 2. The van der Waals surface area contributed by atoms with E-state index in [1.165, 1.54) is 19.3 Å². The molecule has 2 N–H and O–H groups in total. The van der Waals surface area contributed by atoms with Gasteiger partial charge in [0.05, 0.1) is 0 Å². The number of hydrogen-bond donors (Lipinski definition) is 1. The standard InChI is InChI=1S/C13H23N/c1-9(14)4-5-10-6-7-11-8-12(10)13(11,2)3/h4-5,9-12H,6-8,14H2,1-3H3/b5-4+. The third kappa shape index (κ3) is 1.52. The molecule has 4 atom stereocenters. The molecule has 0 saturated heterocycles. The lowest BCUT2D eigenvalue weighted by Gasteiger charge is -2.59. The summed E-state index contributed by atoms with van der Waals surface area (Å²) in [6, 6.07) is 0.218. The van der Waals surface area contributed by atoms with Gasteiger partial charge in [0, 0.05) is 6.04 Å². The van der Waals surface area contributed by atoms with Gasteiger partial charge in [0.2, 0.25) is 0 Å². The van der Waals surface area contributed by atoms with E-state index in [0.717, 1.165) is 17.8 Å². The minimum Gasteiger partial charge on any atom is -0.325 e. The van der Waals surface area contributed by atoms with Crippen molar-refractivity contribution in [3.05, 3.63) is 12.2 Å². The average Bonchev–Trinajstić information content (AvgIpc) is 2.14. The number of allylic oxidation sites excluding steroid dienone is 1. The number of hydrogen-bond acceptors (Lipinski definition) is 1. The van der Waals surface area contributed by atoms with E-state index in [2.05, 4.69) is 26.0 Å². The first kappa shape index (κ1) is 10.2. The predicted molar refractivity (Wildman–Crippen MR) is 60.9 cm³/mol. The average molecular weight is 193 g/mol. The molecule has 80 valence electrons. The molecule has 1 nitrogen and oxygen atoms in total. The summed E-state index contributed by atoms with van der Waals surface area (Å²) in [5.41, 5.74) is 6.35. The molecule has 3 fully saturated rings. The number of fused-ring (bicyclic) bond motifs is 2. The van der Waals surface area contributed by atoms with Gasteiger partial charge in [-0.05, 0) is 49.4 Å². The maximum atomic E-state index is 5.75. The molecule has 0 heterocycles. The van der Waals surface area contributed by atoms with Crippen molar-refractivity contribution in [1.82, 2.24) is 0 Å². The molecule has 1 heteroatoms. The third-order valence-corrected chi connectivity index (χ3v) is 4.57. The van der Waals surface area contributed by atoms with Crippen molar-refractivity contribution in [2.24, 2.45) is 28.9 Å². The molecule has 0 aromatic rings. The molecule has 3 aliphatic carbocycles. The molecule has 2 bridgehead atoms. The van der Waals surface area contributed by atoms with E-state index >= 15 is 0 Å². The first-order chi connectivity index (χ1) is 6.51. The van der Waals surface area contributed by atoms with Gasteiger partial charge in [-0.25, -0.2) is 0 Å². The largest absolute Gasteiger partial charge is 0.325 e. The first-order valence-electron chi connectivity index (χ1n) is 5.95. The summed E-state index contributed by atoms with van der Waals surface area (Å²) in [5, 5.41) is 0. The maximum absolute atomic E-state index is 5.75. The molecule has 14 heavy (non-hydrogen) atoms. The van der Waals surface area contributed by atoms with Crippen LogP contribution in [0.3, 0.4) is 0 Å². The summed E-state index contributed by atoms with van der Waals surface area (Å²) in [7, 11) is 0. The van der Waals surface area contributed by atoms with Crippen LogP contribution in [-0.4, -0.2) is 6.04 Å². The van der Waals surface area contributed by atoms with Crippen LogP contribution in [0.15, 0.2) is 12.2 Å². The van der Waals surface area contributed by atoms with Crippen molar-refractivity contribution in [2.45, 2.75) is 46.1 Å². The van der Waals surface area contributed by atoms with Crippen molar-refractivity contribution in [1.29, 1.82) is 0 Å². The summed E-state index contributed by atoms with van der Waals surface area (Å²) in [6.07, 6.45) is 8.84. The Morgan fingerprint density at radius 3 is 2.57 bits per heavy atom. The van der Waals surface area contributed by atoms with Gasteiger partial charge in [-0.3, -0.25) is 0 Å². The lowest BCUT2D eigenvalue weighted by atomic mass is 9.45. The van der Waals surface area contributed by atoms with Gasteiger partial charge in [0.25, 0.3) is 0 Å².